The van der Waals surface area contributed by atoms with Gasteiger partial charge >= 0.3 is 6.18 Å². The van der Waals surface area contributed by atoms with Crippen LogP contribution in [0, 0.1) is 0 Å². The molecule has 1 saturated heterocycles. The van der Waals surface area contributed by atoms with E-state index in [-0.39, 0.29) is 18.1 Å². The van der Waals surface area contributed by atoms with Gasteiger partial charge in [0.2, 0.25) is 5.91 Å². The minimum absolute atomic E-state index is 0.0348. The predicted molar refractivity (Wildman–Crippen MR) is 64.2 cm³/mol. The average molecular weight is 272 g/mol. The first kappa shape index (κ1) is 13.9. The van der Waals surface area contributed by atoms with Crippen molar-refractivity contribution < 1.29 is 18.0 Å². The SMILES string of the molecule is CCC1NC(c2ccc(C(F)(F)F)cc2)N(C)C1=O. The van der Waals surface area contributed by atoms with E-state index in [4.69, 9.17) is 0 Å². The molecular weight excluding hydrogens is 257 g/mol. The van der Waals surface area contributed by atoms with E-state index in [1.54, 1.807) is 7.05 Å². The van der Waals surface area contributed by atoms with Gasteiger partial charge in [-0.05, 0) is 24.1 Å². The zero-order valence-corrected chi connectivity index (χ0v) is 10.7. The van der Waals surface area contributed by atoms with Gasteiger partial charge in [-0.1, -0.05) is 19.1 Å². The summed E-state index contributed by atoms with van der Waals surface area (Å²) in [5.74, 6) is -0.0348. The summed E-state index contributed by atoms with van der Waals surface area (Å²) in [6.45, 7) is 1.89. The lowest BCUT2D eigenvalue weighted by atomic mass is 10.1. The number of benzene rings is 1. The summed E-state index contributed by atoms with van der Waals surface area (Å²) in [5, 5.41) is 3.11. The highest BCUT2D eigenvalue weighted by Gasteiger charge is 2.36. The third-order valence-corrected chi connectivity index (χ3v) is 3.35. The van der Waals surface area contributed by atoms with E-state index < -0.39 is 11.7 Å². The Balaban J connectivity index is 2.22. The number of nitrogens with zero attached hydrogens (tertiary/aromatic N) is 1. The van der Waals surface area contributed by atoms with Crippen molar-refractivity contribution in [3.63, 3.8) is 0 Å². The van der Waals surface area contributed by atoms with Crippen LogP contribution in [0.5, 0.6) is 0 Å². The molecule has 1 aromatic carbocycles. The fraction of sp³-hybridized carbons (Fsp3) is 0.462. The molecular formula is C13H15F3N2O. The van der Waals surface area contributed by atoms with Crippen LogP contribution in [0.4, 0.5) is 13.2 Å². The molecule has 19 heavy (non-hydrogen) atoms. The number of halogens is 3. The first-order valence-corrected chi connectivity index (χ1v) is 6.04. The highest BCUT2D eigenvalue weighted by molar-refractivity contribution is 5.84. The number of nitrogens with one attached hydrogen (secondary N) is 1. The number of hydrogen-bond donors (Lipinski definition) is 1. The highest BCUT2D eigenvalue weighted by atomic mass is 19.4. The van der Waals surface area contributed by atoms with Crippen LogP contribution in [0.1, 0.15) is 30.6 Å². The van der Waals surface area contributed by atoms with Crippen molar-refractivity contribution in [2.75, 3.05) is 7.05 Å². The predicted octanol–water partition coefficient (Wildman–Crippen LogP) is 2.54. The van der Waals surface area contributed by atoms with Crippen LogP contribution in [0.3, 0.4) is 0 Å². The summed E-state index contributed by atoms with van der Waals surface area (Å²) < 4.78 is 37.4. The normalized spacial score (nSPS) is 24.1. The van der Waals surface area contributed by atoms with Gasteiger partial charge in [0, 0.05) is 7.05 Å². The van der Waals surface area contributed by atoms with Gasteiger partial charge in [-0.3, -0.25) is 10.1 Å². The number of likely N-dealkylation sites (N-methyl/N-ethyl adjacent to an activating group) is 1. The van der Waals surface area contributed by atoms with Gasteiger partial charge in [0.05, 0.1) is 11.6 Å². The van der Waals surface area contributed by atoms with Gasteiger partial charge in [0.15, 0.2) is 0 Å². The second-order valence-electron chi connectivity index (χ2n) is 4.60. The highest BCUT2D eigenvalue weighted by Crippen LogP contribution is 2.31. The van der Waals surface area contributed by atoms with E-state index >= 15 is 0 Å². The molecule has 2 unspecified atom stereocenters. The van der Waals surface area contributed by atoms with Crippen LogP contribution in [0.15, 0.2) is 24.3 Å². The monoisotopic (exact) mass is 272 g/mol. The first-order chi connectivity index (χ1) is 8.84. The molecule has 2 rings (SSSR count). The lowest BCUT2D eigenvalue weighted by Gasteiger charge is -2.20. The third-order valence-electron chi connectivity index (χ3n) is 3.35. The van der Waals surface area contributed by atoms with Crippen LogP contribution in [-0.2, 0) is 11.0 Å². The van der Waals surface area contributed by atoms with Crippen molar-refractivity contribution in [1.82, 2.24) is 10.2 Å². The van der Waals surface area contributed by atoms with Crippen LogP contribution in [-0.4, -0.2) is 23.9 Å². The summed E-state index contributed by atoms with van der Waals surface area (Å²) in [7, 11) is 1.65. The van der Waals surface area contributed by atoms with Crippen LogP contribution in [0.2, 0.25) is 0 Å². The molecule has 0 aromatic heterocycles. The van der Waals surface area contributed by atoms with Crippen molar-refractivity contribution in [2.24, 2.45) is 0 Å². The Kier molecular flexibility index (Phi) is 3.54. The number of hydrogen-bond acceptors (Lipinski definition) is 2. The molecule has 1 fully saturated rings. The van der Waals surface area contributed by atoms with Gasteiger partial charge in [-0.2, -0.15) is 13.2 Å². The van der Waals surface area contributed by atoms with Crippen molar-refractivity contribution in [3.05, 3.63) is 35.4 Å². The lowest BCUT2D eigenvalue weighted by Crippen LogP contribution is -2.27. The van der Waals surface area contributed by atoms with Crippen LogP contribution < -0.4 is 5.32 Å². The molecule has 0 radical (unpaired) electrons. The molecule has 6 heteroatoms. The first-order valence-electron chi connectivity index (χ1n) is 6.04. The Hall–Kier alpha value is -1.56. The van der Waals surface area contributed by atoms with Crippen molar-refractivity contribution in [2.45, 2.75) is 31.7 Å². The van der Waals surface area contributed by atoms with E-state index in [2.05, 4.69) is 5.32 Å². The zero-order valence-electron chi connectivity index (χ0n) is 10.7. The van der Waals surface area contributed by atoms with Crippen molar-refractivity contribution >= 4 is 5.91 Å². The summed E-state index contributed by atoms with van der Waals surface area (Å²) >= 11 is 0. The zero-order chi connectivity index (χ0) is 14.2. The van der Waals surface area contributed by atoms with E-state index in [0.29, 0.717) is 12.0 Å². The second kappa shape index (κ2) is 4.85. The quantitative estimate of drug-likeness (QED) is 0.897. The van der Waals surface area contributed by atoms with Gasteiger partial charge < -0.3 is 4.90 Å². The summed E-state index contributed by atoms with van der Waals surface area (Å²) in [5.41, 5.74) is -0.0323. The maximum atomic E-state index is 12.5. The molecule has 3 nitrogen and oxygen atoms in total. The molecule has 0 saturated carbocycles. The smallest absolute Gasteiger partial charge is 0.325 e. The average Bonchev–Trinajstić information content (AvgIpc) is 2.65. The molecule has 1 heterocycles. The molecule has 104 valence electrons. The topological polar surface area (TPSA) is 32.3 Å². The standard InChI is InChI=1S/C13H15F3N2O/c1-3-10-12(19)18(2)11(17-10)8-4-6-9(7-5-8)13(14,15)16/h4-7,10-11,17H,3H2,1-2H3. The largest absolute Gasteiger partial charge is 0.416 e. The summed E-state index contributed by atoms with van der Waals surface area (Å²) in [6.07, 6.45) is -4.05. The fourth-order valence-corrected chi connectivity index (χ4v) is 2.21. The van der Waals surface area contributed by atoms with Crippen LogP contribution >= 0.6 is 0 Å². The fourth-order valence-electron chi connectivity index (χ4n) is 2.21. The number of amides is 1. The van der Waals surface area contributed by atoms with Crippen LogP contribution in [0.25, 0.3) is 0 Å². The molecule has 2 atom stereocenters. The Morgan fingerprint density at radius 3 is 2.26 bits per heavy atom. The Bertz CT molecular complexity index is 470. The number of rotatable bonds is 2. The Labute approximate surface area is 109 Å². The number of alkyl halides is 3. The van der Waals surface area contributed by atoms with E-state index in [0.717, 1.165) is 12.1 Å². The molecule has 0 aliphatic carbocycles. The molecule has 1 aliphatic rings. The number of carbonyl (C=O) groups excluding carboxylic acids is 1. The Morgan fingerprint density at radius 2 is 1.84 bits per heavy atom. The third kappa shape index (κ3) is 2.58. The van der Waals surface area contributed by atoms with E-state index in [9.17, 15) is 18.0 Å². The number of carbonyl (C=O) groups is 1. The molecule has 1 amide bonds. The molecule has 1 N–H and O–H groups in total. The minimum atomic E-state index is -4.34. The molecule has 1 aliphatic heterocycles. The summed E-state index contributed by atoms with van der Waals surface area (Å²) in [4.78, 5) is 13.4. The van der Waals surface area contributed by atoms with Gasteiger partial charge in [0.25, 0.3) is 0 Å². The van der Waals surface area contributed by atoms with E-state index in [1.807, 2.05) is 6.92 Å². The molecule has 1 aromatic rings. The van der Waals surface area contributed by atoms with Gasteiger partial charge in [-0.25, -0.2) is 0 Å². The van der Waals surface area contributed by atoms with Gasteiger partial charge in [-0.15, -0.1) is 0 Å². The van der Waals surface area contributed by atoms with Crippen molar-refractivity contribution in [1.29, 1.82) is 0 Å². The second-order valence-corrected chi connectivity index (χ2v) is 4.60. The van der Waals surface area contributed by atoms with Crippen molar-refractivity contribution in [3.8, 4) is 0 Å². The maximum Gasteiger partial charge on any atom is 0.416 e. The Morgan fingerprint density at radius 1 is 1.26 bits per heavy atom. The lowest BCUT2D eigenvalue weighted by molar-refractivity contribution is -0.137. The molecule has 0 bridgehead atoms. The maximum absolute atomic E-state index is 12.5. The minimum Gasteiger partial charge on any atom is -0.325 e. The molecule has 0 spiro atoms. The summed E-state index contributed by atoms with van der Waals surface area (Å²) in [6, 6.07) is 4.62. The van der Waals surface area contributed by atoms with Gasteiger partial charge in [0.1, 0.15) is 6.17 Å². The van der Waals surface area contributed by atoms with E-state index in [1.165, 1.54) is 17.0 Å².